The molecule has 0 amide bonds. The largest absolute Gasteiger partial charge is 0.372 e. The number of nitrogens with zero attached hydrogens (tertiary/aromatic N) is 1. The third-order valence-electron chi connectivity index (χ3n) is 3.57. The molecule has 1 saturated heterocycles. The van der Waals surface area contributed by atoms with Gasteiger partial charge in [-0.2, -0.15) is 0 Å². The molecule has 1 aromatic rings. The summed E-state index contributed by atoms with van der Waals surface area (Å²) in [4.78, 5) is 1.86. The maximum atomic E-state index is 14.4. The molecule has 0 spiro atoms. The fourth-order valence-corrected chi connectivity index (χ4v) is 2.44. The maximum Gasteiger partial charge on any atom is 0.167 e. The van der Waals surface area contributed by atoms with E-state index in [9.17, 15) is 9.50 Å². The fraction of sp³-hybridized carbons (Fsp3) is 0.571. The minimum Gasteiger partial charge on any atom is -0.372 e. The SMILES string of the molecule is CC(O)(C(F)c1ccccc1)N1CCCCC1. The quantitative estimate of drug-likeness (QED) is 0.873. The van der Waals surface area contributed by atoms with E-state index in [1.54, 1.807) is 31.2 Å². The van der Waals surface area contributed by atoms with Crippen molar-refractivity contribution in [3.8, 4) is 0 Å². The predicted molar refractivity (Wildman–Crippen MR) is 66.3 cm³/mol. The Labute approximate surface area is 102 Å². The van der Waals surface area contributed by atoms with Gasteiger partial charge in [0, 0.05) is 13.1 Å². The van der Waals surface area contributed by atoms with E-state index in [1.807, 2.05) is 11.0 Å². The van der Waals surface area contributed by atoms with Gasteiger partial charge in [-0.05, 0) is 25.3 Å². The highest BCUT2D eigenvalue weighted by Gasteiger charge is 2.39. The van der Waals surface area contributed by atoms with Crippen molar-refractivity contribution in [3.63, 3.8) is 0 Å². The first kappa shape index (κ1) is 12.5. The number of alkyl halides is 1. The second-order valence-corrected chi connectivity index (χ2v) is 4.92. The van der Waals surface area contributed by atoms with Crippen molar-refractivity contribution in [2.75, 3.05) is 13.1 Å². The molecule has 2 nitrogen and oxygen atoms in total. The highest BCUT2D eigenvalue weighted by molar-refractivity contribution is 5.20. The first-order valence-electron chi connectivity index (χ1n) is 6.29. The Bertz CT molecular complexity index is 346. The van der Waals surface area contributed by atoms with E-state index in [1.165, 1.54) is 6.42 Å². The molecule has 17 heavy (non-hydrogen) atoms. The van der Waals surface area contributed by atoms with Crippen molar-refractivity contribution in [1.29, 1.82) is 0 Å². The molecular weight excluding hydrogens is 217 g/mol. The van der Waals surface area contributed by atoms with Crippen molar-refractivity contribution < 1.29 is 9.50 Å². The zero-order valence-electron chi connectivity index (χ0n) is 10.3. The van der Waals surface area contributed by atoms with Gasteiger partial charge < -0.3 is 5.11 Å². The summed E-state index contributed by atoms with van der Waals surface area (Å²) in [5.41, 5.74) is -0.857. The van der Waals surface area contributed by atoms with Crippen molar-refractivity contribution in [2.24, 2.45) is 0 Å². The van der Waals surface area contributed by atoms with E-state index >= 15 is 0 Å². The van der Waals surface area contributed by atoms with Crippen LogP contribution >= 0.6 is 0 Å². The molecule has 0 bridgehead atoms. The highest BCUT2D eigenvalue weighted by atomic mass is 19.1. The topological polar surface area (TPSA) is 23.5 Å². The third-order valence-corrected chi connectivity index (χ3v) is 3.57. The van der Waals surface area contributed by atoms with Crippen LogP contribution in [0.5, 0.6) is 0 Å². The van der Waals surface area contributed by atoms with E-state index in [4.69, 9.17) is 0 Å². The molecule has 1 aliphatic heterocycles. The zero-order valence-corrected chi connectivity index (χ0v) is 10.3. The summed E-state index contributed by atoms with van der Waals surface area (Å²) in [5.74, 6) is 0. The number of piperidine rings is 1. The Morgan fingerprint density at radius 1 is 1.18 bits per heavy atom. The van der Waals surface area contributed by atoms with Crippen LogP contribution in [0.3, 0.4) is 0 Å². The van der Waals surface area contributed by atoms with Crippen molar-refractivity contribution >= 4 is 0 Å². The van der Waals surface area contributed by atoms with Gasteiger partial charge >= 0.3 is 0 Å². The molecular formula is C14H20FNO. The summed E-state index contributed by atoms with van der Waals surface area (Å²) in [5, 5.41) is 10.4. The van der Waals surface area contributed by atoms with Gasteiger partial charge in [0.1, 0.15) is 0 Å². The number of benzene rings is 1. The van der Waals surface area contributed by atoms with E-state index < -0.39 is 11.9 Å². The lowest BCUT2D eigenvalue weighted by Crippen LogP contribution is -2.51. The van der Waals surface area contributed by atoms with Gasteiger partial charge in [-0.3, -0.25) is 4.90 Å². The molecule has 0 radical (unpaired) electrons. The van der Waals surface area contributed by atoms with Crippen LogP contribution in [0.4, 0.5) is 4.39 Å². The Hall–Kier alpha value is -0.930. The van der Waals surface area contributed by atoms with Gasteiger partial charge in [0.25, 0.3) is 0 Å². The molecule has 0 aliphatic carbocycles. The van der Waals surface area contributed by atoms with E-state index in [2.05, 4.69) is 0 Å². The first-order chi connectivity index (χ1) is 8.12. The molecule has 94 valence electrons. The summed E-state index contributed by atoms with van der Waals surface area (Å²) in [6.45, 7) is 3.14. The lowest BCUT2D eigenvalue weighted by atomic mass is 9.97. The van der Waals surface area contributed by atoms with Crippen LogP contribution in [0.2, 0.25) is 0 Å². The Kier molecular flexibility index (Phi) is 3.79. The molecule has 2 atom stereocenters. The predicted octanol–water partition coefficient (Wildman–Crippen LogP) is 2.89. The zero-order chi connectivity index (χ0) is 12.3. The number of likely N-dealkylation sites (tertiary alicyclic amines) is 1. The molecule has 0 aromatic heterocycles. The lowest BCUT2D eigenvalue weighted by Gasteiger charge is -2.41. The average Bonchev–Trinajstić information content (AvgIpc) is 2.40. The smallest absolute Gasteiger partial charge is 0.167 e. The summed E-state index contributed by atoms with van der Waals surface area (Å²) in [6, 6.07) is 8.90. The van der Waals surface area contributed by atoms with Crippen molar-refractivity contribution in [1.82, 2.24) is 4.90 Å². The van der Waals surface area contributed by atoms with Crippen LogP contribution in [0.1, 0.15) is 37.9 Å². The molecule has 1 heterocycles. The van der Waals surface area contributed by atoms with Crippen molar-refractivity contribution in [2.45, 2.75) is 38.1 Å². The van der Waals surface area contributed by atoms with Gasteiger partial charge in [0.2, 0.25) is 0 Å². The molecule has 1 fully saturated rings. The molecule has 1 aromatic carbocycles. The Morgan fingerprint density at radius 3 is 2.35 bits per heavy atom. The molecule has 2 rings (SSSR count). The standard InChI is InChI=1S/C14H20FNO/c1-14(17,16-10-6-3-7-11-16)13(15)12-8-4-2-5-9-12/h2,4-5,8-9,13,17H,3,6-7,10-11H2,1H3. The van der Waals surface area contributed by atoms with Crippen LogP contribution in [0, 0.1) is 0 Å². The van der Waals surface area contributed by atoms with Crippen molar-refractivity contribution in [3.05, 3.63) is 35.9 Å². The van der Waals surface area contributed by atoms with Gasteiger partial charge in [-0.25, -0.2) is 4.39 Å². The summed E-state index contributed by atoms with van der Waals surface area (Å²) in [7, 11) is 0. The summed E-state index contributed by atoms with van der Waals surface area (Å²) < 4.78 is 14.4. The van der Waals surface area contributed by atoms with Gasteiger partial charge in [0.15, 0.2) is 11.9 Å². The van der Waals surface area contributed by atoms with Crippen LogP contribution in [-0.2, 0) is 0 Å². The Morgan fingerprint density at radius 2 is 1.76 bits per heavy atom. The fourth-order valence-electron chi connectivity index (χ4n) is 2.44. The average molecular weight is 237 g/mol. The van der Waals surface area contributed by atoms with Gasteiger partial charge in [-0.15, -0.1) is 0 Å². The second kappa shape index (κ2) is 5.15. The van der Waals surface area contributed by atoms with E-state index in [-0.39, 0.29) is 0 Å². The Balaban J connectivity index is 2.13. The first-order valence-corrected chi connectivity index (χ1v) is 6.29. The van der Waals surface area contributed by atoms with Crippen LogP contribution in [-0.4, -0.2) is 28.8 Å². The molecule has 3 heteroatoms. The van der Waals surface area contributed by atoms with Crippen LogP contribution < -0.4 is 0 Å². The normalized spacial score (nSPS) is 23.0. The van der Waals surface area contributed by atoms with Crippen LogP contribution in [0.25, 0.3) is 0 Å². The molecule has 1 aliphatic rings. The van der Waals surface area contributed by atoms with E-state index in [0.717, 1.165) is 25.9 Å². The van der Waals surface area contributed by atoms with Crippen LogP contribution in [0.15, 0.2) is 30.3 Å². The molecule has 0 saturated carbocycles. The number of halogens is 1. The number of hydrogen-bond acceptors (Lipinski definition) is 2. The third kappa shape index (κ3) is 2.67. The van der Waals surface area contributed by atoms with E-state index in [0.29, 0.717) is 5.56 Å². The number of aliphatic hydroxyl groups is 1. The minimum absolute atomic E-state index is 0.545. The lowest BCUT2D eigenvalue weighted by molar-refractivity contribution is -0.151. The number of hydrogen-bond donors (Lipinski definition) is 1. The monoisotopic (exact) mass is 237 g/mol. The molecule has 1 N–H and O–H groups in total. The summed E-state index contributed by atoms with van der Waals surface area (Å²) >= 11 is 0. The van der Waals surface area contributed by atoms with Gasteiger partial charge in [0.05, 0.1) is 0 Å². The number of rotatable bonds is 3. The second-order valence-electron chi connectivity index (χ2n) is 4.92. The summed E-state index contributed by atoms with van der Waals surface area (Å²) in [6.07, 6.45) is 1.89. The highest BCUT2D eigenvalue weighted by Crippen LogP contribution is 2.34. The van der Waals surface area contributed by atoms with Gasteiger partial charge in [-0.1, -0.05) is 36.8 Å². The minimum atomic E-state index is -1.40. The maximum absolute atomic E-state index is 14.4. The molecule has 2 unspecified atom stereocenters.